The van der Waals surface area contributed by atoms with Gasteiger partial charge in [0.2, 0.25) is 0 Å². The number of hydrogen-bond donors (Lipinski definition) is 1. The Kier molecular flexibility index (Phi) is 7.96. The van der Waals surface area contributed by atoms with Gasteiger partial charge in [0.15, 0.2) is 0 Å². The molecule has 1 aliphatic rings. The first-order chi connectivity index (χ1) is 9.13. The van der Waals surface area contributed by atoms with Crippen molar-refractivity contribution >= 4 is 0 Å². The summed E-state index contributed by atoms with van der Waals surface area (Å²) in [6.07, 6.45) is 4.90. The maximum Gasteiger partial charge on any atom is 0.0509 e. The van der Waals surface area contributed by atoms with Crippen molar-refractivity contribution in [3.8, 4) is 0 Å². The third kappa shape index (κ3) is 5.05. The summed E-state index contributed by atoms with van der Waals surface area (Å²) in [5.74, 6) is 1.32. The molecule has 1 rings (SSSR count). The SMILES string of the molecule is CCC(CC)N(CC(C)C)C(CN)C1CCCOC1. The van der Waals surface area contributed by atoms with Crippen LogP contribution in [0, 0.1) is 11.8 Å². The molecule has 0 aromatic carbocycles. The molecule has 0 radical (unpaired) electrons. The minimum atomic E-state index is 0.493. The second-order valence-electron chi connectivity index (χ2n) is 6.34. The third-order valence-electron chi connectivity index (χ3n) is 4.39. The molecule has 19 heavy (non-hydrogen) atoms. The van der Waals surface area contributed by atoms with Crippen molar-refractivity contribution in [3.05, 3.63) is 0 Å². The van der Waals surface area contributed by atoms with Crippen molar-refractivity contribution in [3.63, 3.8) is 0 Å². The highest BCUT2D eigenvalue weighted by Gasteiger charge is 2.31. The first-order valence-corrected chi connectivity index (χ1v) is 8.17. The summed E-state index contributed by atoms with van der Waals surface area (Å²) in [5.41, 5.74) is 6.13. The van der Waals surface area contributed by atoms with Crippen LogP contribution in [0.5, 0.6) is 0 Å². The minimum absolute atomic E-state index is 0.493. The average Bonchev–Trinajstić information content (AvgIpc) is 2.41. The topological polar surface area (TPSA) is 38.5 Å². The molecule has 1 aliphatic heterocycles. The van der Waals surface area contributed by atoms with E-state index in [1.165, 1.54) is 25.7 Å². The molecule has 1 heterocycles. The molecule has 114 valence electrons. The first-order valence-electron chi connectivity index (χ1n) is 8.17. The number of ether oxygens (including phenoxy) is 1. The lowest BCUT2D eigenvalue weighted by Gasteiger charge is -2.43. The second-order valence-corrected chi connectivity index (χ2v) is 6.34. The fraction of sp³-hybridized carbons (Fsp3) is 1.00. The van der Waals surface area contributed by atoms with Crippen LogP contribution in [-0.2, 0) is 4.74 Å². The molecule has 0 aliphatic carbocycles. The Morgan fingerprint density at radius 1 is 1.26 bits per heavy atom. The van der Waals surface area contributed by atoms with Gasteiger partial charge in [-0.25, -0.2) is 0 Å². The summed E-state index contributed by atoms with van der Waals surface area (Å²) < 4.78 is 5.68. The van der Waals surface area contributed by atoms with Crippen LogP contribution in [0.2, 0.25) is 0 Å². The predicted octanol–water partition coefficient (Wildman–Crippen LogP) is 2.89. The quantitative estimate of drug-likeness (QED) is 0.737. The van der Waals surface area contributed by atoms with E-state index in [4.69, 9.17) is 10.5 Å². The lowest BCUT2D eigenvalue weighted by molar-refractivity contribution is -0.00640. The molecule has 1 fully saturated rings. The Hall–Kier alpha value is -0.120. The first kappa shape index (κ1) is 16.9. The van der Waals surface area contributed by atoms with Crippen molar-refractivity contribution in [2.45, 2.75) is 65.5 Å². The Morgan fingerprint density at radius 2 is 1.95 bits per heavy atom. The molecule has 2 atom stereocenters. The summed E-state index contributed by atoms with van der Waals surface area (Å²) >= 11 is 0. The van der Waals surface area contributed by atoms with Gasteiger partial charge in [0.05, 0.1) is 6.61 Å². The molecule has 2 N–H and O–H groups in total. The van der Waals surface area contributed by atoms with E-state index in [-0.39, 0.29) is 0 Å². The molecule has 0 bridgehead atoms. The summed E-state index contributed by atoms with van der Waals surface area (Å²) in [4.78, 5) is 2.68. The third-order valence-corrected chi connectivity index (χ3v) is 4.39. The highest BCUT2D eigenvalue weighted by molar-refractivity contribution is 4.86. The van der Waals surface area contributed by atoms with E-state index in [9.17, 15) is 0 Å². The molecule has 0 aromatic heterocycles. The van der Waals surface area contributed by atoms with Gasteiger partial charge in [-0.2, -0.15) is 0 Å². The van der Waals surface area contributed by atoms with E-state index in [0.29, 0.717) is 23.9 Å². The normalized spacial score (nSPS) is 22.4. The van der Waals surface area contributed by atoms with Crippen LogP contribution < -0.4 is 5.73 Å². The number of hydrogen-bond acceptors (Lipinski definition) is 3. The van der Waals surface area contributed by atoms with E-state index in [0.717, 1.165) is 26.3 Å². The highest BCUT2D eigenvalue weighted by atomic mass is 16.5. The van der Waals surface area contributed by atoms with Crippen molar-refractivity contribution in [1.29, 1.82) is 0 Å². The molecule has 0 spiro atoms. The summed E-state index contributed by atoms with van der Waals surface area (Å²) in [6.45, 7) is 13.0. The lowest BCUT2D eigenvalue weighted by Crippen LogP contribution is -2.53. The second kappa shape index (κ2) is 8.93. The van der Waals surface area contributed by atoms with E-state index in [1.807, 2.05) is 0 Å². The van der Waals surface area contributed by atoms with Gasteiger partial charge in [-0.05, 0) is 37.5 Å². The number of nitrogens with two attached hydrogens (primary N) is 1. The van der Waals surface area contributed by atoms with Crippen LogP contribution in [0.25, 0.3) is 0 Å². The van der Waals surface area contributed by atoms with Gasteiger partial charge in [-0.1, -0.05) is 27.7 Å². The van der Waals surface area contributed by atoms with E-state index >= 15 is 0 Å². The van der Waals surface area contributed by atoms with Crippen LogP contribution in [0.4, 0.5) is 0 Å². The van der Waals surface area contributed by atoms with Crippen LogP contribution in [-0.4, -0.2) is 43.3 Å². The smallest absolute Gasteiger partial charge is 0.0509 e. The Bertz CT molecular complexity index is 223. The van der Waals surface area contributed by atoms with Gasteiger partial charge in [-0.3, -0.25) is 4.90 Å². The largest absolute Gasteiger partial charge is 0.381 e. The molecule has 0 aromatic rings. The Morgan fingerprint density at radius 3 is 2.37 bits per heavy atom. The van der Waals surface area contributed by atoms with Gasteiger partial charge in [0, 0.05) is 31.8 Å². The molecule has 0 amide bonds. The molecule has 1 saturated heterocycles. The fourth-order valence-electron chi connectivity index (χ4n) is 3.40. The molecule has 0 saturated carbocycles. The van der Waals surface area contributed by atoms with E-state index < -0.39 is 0 Å². The molecular formula is C16H34N2O. The van der Waals surface area contributed by atoms with Gasteiger partial charge < -0.3 is 10.5 Å². The van der Waals surface area contributed by atoms with Crippen molar-refractivity contribution in [2.24, 2.45) is 17.6 Å². The summed E-state index contributed by atoms with van der Waals surface area (Å²) in [7, 11) is 0. The number of rotatable bonds is 8. The van der Waals surface area contributed by atoms with Gasteiger partial charge in [0.1, 0.15) is 0 Å². The number of nitrogens with zero attached hydrogens (tertiary/aromatic N) is 1. The Labute approximate surface area is 119 Å². The standard InChI is InChI=1S/C16H34N2O/c1-5-15(6-2)18(11-13(3)4)16(10-17)14-8-7-9-19-12-14/h13-16H,5-12,17H2,1-4H3. The predicted molar refractivity (Wildman–Crippen MR) is 82.3 cm³/mol. The van der Waals surface area contributed by atoms with E-state index in [1.54, 1.807) is 0 Å². The monoisotopic (exact) mass is 270 g/mol. The molecule has 2 unspecified atom stereocenters. The maximum atomic E-state index is 6.13. The molecular weight excluding hydrogens is 236 g/mol. The zero-order chi connectivity index (χ0) is 14.3. The highest BCUT2D eigenvalue weighted by Crippen LogP contribution is 2.25. The molecule has 3 heteroatoms. The van der Waals surface area contributed by atoms with E-state index in [2.05, 4.69) is 32.6 Å². The zero-order valence-electron chi connectivity index (χ0n) is 13.4. The van der Waals surface area contributed by atoms with Crippen molar-refractivity contribution in [1.82, 2.24) is 4.90 Å². The summed E-state index contributed by atoms with van der Waals surface area (Å²) in [5, 5.41) is 0. The molecule has 3 nitrogen and oxygen atoms in total. The van der Waals surface area contributed by atoms with Gasteiger partial charge in [0.25, 0.3) is 0 Å². The summed E-state index contributed by atoms with van der Waals surface area (Å²) in [6, 6.07) is 1.16. The minimum Gasteiger partial charge on any atom is -0.381 e. The van der Waals surface area contributed by atoms with Crippen molar-refractivity contribution in [2.75, 3.05) is 26.3 Å². The van der Waals surface area contributed by atoms with Crippen LogP contribution >= 0.6 is 0 Å². The van der Waals surface area contributed by atoms with Crippen LogP contribution in [0.3, 0.4) is 0 Å². The maximum absolute atomic E-state index is 6.13. The van der Waals surface area contributed by atoms with Gasteiger partial charge >= 0.3 is 0 Å². The average molecular weight is 270 g/mol. The lowest BCUT2D eigenvalue weighted by atomic mass is 9.90. The van der Waals surface area contributed by atoms with Crippen LogP contribution in [0.15, 0.2) is 0 Å². The zero-order valence-corrected chi connectivity index (χ0v) is 13.4. The van der Waals surface area contributed by atoms with Crippen molar-refractivity contribution < 1.29 is 4.74 Å². The van der Waals surface area contributed by atoms with Crippen LogP contribution in [0.1, 0.15) is 53.4 Å². The Balaban J connectivity index is 2.77. The van der Waals surface area contributed by atoms with Gasteiger partial charge in [-0.15, -0.1) is 0 Å². The fourth-order valence-corrected chi connectivity index (χ4v) is 3.40.